The van der Waals surface area contributed by atoms with Gasteiger partial charge in [0, 0.05) is 67.4 Å². The van der Waals surface area contributed by atoms with Crippen LogP contribution in [0.5, 0.6) is 0 Å². The molecule has 5 N–H and O–H groups in total. The molecule has 0 unspecified atom stereocenters. The summed E-state index contributed by atoms with van der Waals surface area (Å²) in [6.45, 7) is 9.16. The van der Waals surface area contributed by atoms with Crippen LogP contribution in [0.1, 0.15) is 56.3 Å². The zero-order chi connectivity index (χ0) is 34.0. The summed E-state index contributed by atoms with van der Waals surface area (Å²) >= 11 is 12.7. The Kier molecular flexibility index (Phi) is 9.85. The smallest absolute Gasteiger partial charge is 0.142 e. The summed E-state index contributed by atoms with van der Waals surface area (Å²) < 4.78 is 14.2. The van der Waals surface area contributed by atoms with Gasteiger partial charge in [0.05, 0.1) is 38.6 Å². The third-order valence-corrected chi connectivity index (χ3v) is 9.64. The average Bonchev–Trinajstić information content (AvgIpc) is 3.57. The van der Waals surface area contributed by atoms with E-state index in [1.807, 2.05) is 31.3 Å². The van der Waals surface area contributed by atoms with Crippen LogP contribution in [0.15, 0.2) is 72.7 Å². The van der Waals surface area contributed by atoms with Gasteiger partial charge >= 0.3 is 0 Å². The number of nitrogens with zero attached hydrogens (tertiary/aromatic N) is 4. The minimum atomic E-state index is -0.503. The Balaban J connectivity index is 1.32. The second-order valence-corrected chi connectivity index (χ2v) is 14.0. The number of likely N-dealkylation sites (tertiary alicyclic amines) is 1. The molecule has 12 heteroatoms. The van der Waals surface area contributed by atoms with E-state index >= 15 is 0 Å². The van der Waals surface area contributed by atoms with Crippen LogP contribution in [0.4, 0.5) is 21.5 Å². The predicted molar refractivity (Wildman–Crippen MR) is 193 cm³/mol. The molecule has 2 aliphatic heterocycles. The standard InChI is InChI=1S/C36H40Cl2FN9/c1-36(2,3)47-12-10-27(11-13-47)48-21-32(45-46-48)34(23-6-5-7-25(15-23)41-4)44-26-16-28-33(24(18-40)20-43-35(28)30(38)17-26)42-19-22-8-9-29(37)31(39)14-22/h5-9,14-17,20-21,27,34,41,44-46H,10-13,19H2,1-4H3,(H,42,43)/t34-/m0/s1. The minimum absolute atomic E-state index is 0.0549. The van der Waals surface area contributed by atoms with Crippen molar-refractivity contribution < 1.29 is 4.39 Å². The first-order valence-corrected chi connectivity index (χ1v) is 16.8. The highest BCUT2D eigenvalue weighted by atomic mass is 35.5. The molecule has 0 saturated carbocycles. The molecule has 1 aromatic heterocycles. The van der Waals surface area contributed by atoms with Crippen molar-refractivity contribution in [3.8, 4) is 6.07 Å². The number of hydrogen-bond donors (Lipinski definition) is 5. The number of pyridine rings is 1. The van der Waals surface area contributed by atoms with Crippen molar-refractivity contribution in [3.05, 3.63) is 105 Å². The lowest BCUT2D eigenvalue weighted by molar-refractivity contribution is 0.0570. The molecule has 1 atom stereocenters. The van der Waals surface area contributed by atoms with E-state index in [0.29, 0.717) is 38.8 Å². The summed E-state index contributed by atoms with van der Waals surface area (Å²) in [5.74, 6) is -0.503. The van der Waals surface area contributed by atoms with Gasteiger partial charge in [0.2, 0.25) is 0 Å². The molecule has 0 radical (unpaired) electrons. The van der Waals surface area contributed by atoms with Crippen LogP contribution in [0.2, 0.25) is 10.0 Å². The zero-order valence-corrected chi connectivity index (χ0v) is 29.0. The highest BCUT2D eigenvalue weighted by Gasteiger charge is 2.32. The lowest BCUT2D eigenvalue weighted by Crippen LogP contribution is -2.52. The van der Waals surface area contributed by atoms with E-state index in [4.69, 9.17) is 23.2 Å². The van der Waals surface area contributed by atoms with Crippen LogP contribution in [0.3, 0.4) is 0 Å². The zero-order valence-electron chi connectivity index (χ0n) is 27.5. The monoisotopic (exact) mass is 687 g/mol. The number of anilines is 3. The molecule has 3 heterocycles. The van der Waals surface area contributed by atoms with Crippen LogP contribution < -0.4 is 26.9 Å². The van der Waals surface area contributed by atoms with Gasteiger partial charge < -0.3 is 21.4 Å². The molecule has 4 aromatic rings. The number of aromatic nitrogens is 1. The number of nitrogens with one attached hydrogen (secondary N) is 5. The molecular weight excluding hydrogens is 648 g/mol. The fourth-order valence-corrected chi connectivity index (χ4v) is 6.73. The lowest BCUT2D eigenvalue weighted by Gasteiger charge is -2.42. The number of hydrogen-bond acceptors (Lipinski definition) is 9. The van der Waals surface area contributed by atoms with Crippen LogP contribution in [0, 0.1) is 17.1 Å². The van der Waals surface area contributed by atoms with E-state index in [-0.39, 0.29) is 23.1 Å². The molecule has 0 spiro atoms. The number of hydrazine groups is 2. The van der Waals surface area contributed by atoms with Crippen molar-refractivity contribution >= 4 is 51.2 Å². The number of rotatable bonds is 9. The maximum Gasteiger partial charge on any atom is 0.142 e. The molecule has 0 bridgehead atoms. The molecule has 250 valence electrons. The maximum atomic E-state index is 14.2. The van der Waals surface area contributed by atoms with Gasteiger partial charge in [-0.15, -0.1) is 5.53 Å². The van der Waals surface area contributed by atoms with Gasteiger partial charge in [0.25, 0.3) is 0 Å². The average molecular weight is 689 g/mol. The SMILES string of the molecule is CNc1cccc([C@H](Nc2cc(Cl)c3ncc(C#N)c(NCc4ccc(Cl)c(F)c4)c3c2)C2=CN(C3CCN(C(C)(C)C)CC3)NN2)c1. The van der Waals surface area contributed by atoms with E-state index in [1.165, 1.54) is 18.3 Å². The van der Waals surface area contributed by atoms with Crippen LogP contribution >= 0.6 is 23.2 Å². The molecule has 1 saturated heterocycles. The van der Waals surface area contributed by atoms with Gasteiger partial charge in [-0.1, -0.05) is 41.4 Å². The van der Waals surface area contributed by atoms with E-state index in [1.54, 1.807) is 6.07 Å². The molecule has 3 aromatic carbocycles. The van der Waals surface area contributed by atoms with Crippen molar-refractivity contribution in [1.82, 2.24) is 25.9 Å². The molecule has 48 heavy (non-hydrogen) atoms. The maximum absolute atomic E-state index is 14.2. The Bertz CT molecular complexity index is 1880. The summed E-state index contributed by atoms with van der Waals surface area (Å²) in [5, 5.41) is 23.6. The Hall–Kier alpha value is -4.27. The molecule has 1 fully saturated rings. The third kappa shape index (κ3) is 7.25. The normalized spacial score (nSPS) is 16.3. The fraction of sp³-hybridized carbons (Fsp3) is 0.333. The lowest BCUT2D eigenvalue weighted by atomic mass is 9.97. The second kappa shape index (κ2) is 14.1. The largest absolute Gasteiger partial charge is 0.388 e. The Morgan fingerprint density at radius 1 is 1.06 bits per heavy atom. The summed E-state index contributed by atoms with van der Waals surface area (Å²) in [6.07, 6.45) is 5.75. The van der Waals surface area contributed by atoms with E-state index in [0.717, 1.165) is 48.6 Å². The van der Waals surface area contributed by atoms with Crippen molar-refractivity contribution in [2.45, 2.75) is 57.8 Å². The molecule has 6 rings (SSSR count). The molecule has 0 amide bonds. The first kappa shape index (κ1) is 33.6. The van der Waals surface area contributed by atoms with E-state index < -0.39 is 5.82 Å². The first-order valence-electron chi connectivity index (χ1n) is 16.0. The highest BCUT2D eigenvalue weighted by Crippen LogP contribution is 2.37. The van der Waals surface area contributed by atoms with Crippen molar-refractivity contribution in [1.29, 1.82) is 5.26 Å². The van der Waals surface area contributed by atoms with Crippen LogP contribution in [0.25, 0.3) is 10.9 Å². The number of halogens is 3. The molecular formula is C36H40Cl2FN9. The van der Waals surface area contributed by atoms with Crippen LogP contribution in [-0.4, -0.2) is 46.6 Å². The topological polar surface area (TPSA) is 103 Å². The number of fused-ring (bicyclic) bond motifs is 1. The Labute approximate surface area is 291 Å². The summed E-state index contributed by atoms with van der Waals surface area (Å²) in [6, 6.07) is 19.0. The van der Waals surface area contributed by atoms with Crippen LogP contribution in [-0.2, 0) is 6.54 Å². The van der Waals surface area contributed by atoms with Crippen molar-refractivity contribution in [2.24, 2.45) is 0 Å². The molecule has 9 nitrogen and oxygen atoms in total. The van der Waals surface area contributed by atoms with Gasteiger partial charge in [0.15, 0.2) is 0 Å². The van der Waals surface area contributed by atoms with Gasteiger partial charge in [-0.05, 0) is 81.1 Å². The van der Waals surface area contributed by atoms with Gasteiger partial charge in [-0.3, -0.25) is 14.9 Å². The first-order chi connectivity index (χ1) is 23.0. The summed E-state index contributed by atoms with van der Waals surface area (Å²) in [5.41, 5.74) is 12.8. The van der Waals surface area contributed by atoms with Crippen molar-refractivity contribution in [2.75, 3.05) is 36.1 Å². The second-order valence-electron chi connectivity index (χ2n) is 13.2. The van der Waals surface area contributed by atoms with E-state index in [2.05, 4.69) is 87.0 Å². The summed E-state index contributed by atoms with van der Waals surface area (Å²) in [7, 11) is 1.90. The van der Waals surface area contributed by atoms with Crippen molar-refractivity contribution in [3.63, 3.8) is 0 Å². The van der Waals surface area contributed by atoms with Gasteiger partial charge in [0.1, 0.15) is 11.9 Å². The molecule has 2 aliphatic rings. The van der Waals surface area contributed by atoms with E-state index in [9.17, 15) is 9.65 Å². The number of benzene rings is 3. The third-order valence-electron chi connectivity index (χ3n) is 9.04. The number of nitriles is 1. The molecule has 0 aliphatic carbocycles. The quantitative estimate of drug-likeness (QED) is 0.121. The highest BCUT2D eigenvalue weighted by molar-refractivity contribution is 6.36. The minimum Gasteiger partial charge on any atom is -0.388 e. The van der Waals surface area contributed by atoms with Gasteiger partial charge in [-0.25, -0.2) is 4.39 Å². The predicted octanol–water partition coefficient (Wildman–Crippen LogP) is 7.79. The van der Waals surface area contributed by atoms with Gasteiger partial charge in [-0.2, -0.15) is 5.26 Å². The summed E-state index contributed by atoms with van der Waals surface area (Å²) in [4.78, 5) is 7.04. The number of piperidine rings is 1. The Morgan fingerprint density at radius 3 is 2.56 bits per heavy atom. The Morgan fingerprint density at radius 2 is 1.85 bits per heavy atom. The fourth-order valence-electron chi connectivity index (χ4n) is 6.34.